The van der Waals surface area contributed by atoms with Crippen LogP contribution in [-0.2, 0) is 4.74 Å². The number of anilines is 1. The van der Waals surface area contributed by atoms with Crippen LogP contribution < -0.4 is 5.73 Å². The molecule has 0 aliphatic carbocycles. The standard InChI is InChI=1S/C9H8FN3O2/c1-15-9(14)5-3-12-13-4-6(10)7(11)2-8(5)13/h2-4H,11H2,1H3. The summed E-state index contributed by atoms with van der Waals surface area (Å²) in [4.78, 5) is 11.3. The van der Waals surface area contributed by atoms with Crippen LogP contribution in [0.25, 0.3) is 5.52 Å². The molecule has 2 rings (SSSR count). The number of methoxy groups -OCH3 is 1. The van der Waals surface area contributed by atoms with Crippen LogP contribution in [0.3, 0.4) is 0 Å². The lowest BCUT2D eigenvalue weighted by molar-refractivity contribution is 0.0603. The number of esters is 1. The number of carbonyl (C=O) groups excluding carboxylic acids is 1. The van der Waals surface area contributed by atoms with Gasteiger partial charge in [0.25, 0.3) is 0 Å². The molecule has 0 aliphatic heterocycles. The summed E-state index contributed by atoms with van der Waals surface area (Å²) in [6.07, 6.45) is 2.41. The molecule has 0 amide bonds. The van der Waals surface area contributed by atoms with Crippen LogP contribution >= 0.6 is 0 Å². The molecule has 2 aromatic heterocycles. The van der Waals surface area contributed by atoms with Gasteiger partial charge in [-0.3, -0.25) is 0 Å². The second-order valence-electron chi connectivity index (χ2n) is 2.96. The third-order valence-electron chi connectivity index (χ3n) is 2.04. The zero-order chi connectivity index (χ0) is 11.0. The first-order valence-electron chi connectivity index (χ1n) is 4.14. The van der Waals surface area contributed by atoms with Crippen molar-refractivity contribution in [2.45, 2.75) is 0 Å². The molecule has 0 radical (unpaired) electrons. The molecule has 0 unspecified atom stereocenters. The van der Waals surface area contributed by atoms with E-state index >= 15 is 0 Å². The summed E-state index contributed by atoms with van der Waals surface area (Å²) in [7, 11) is 1.26. The van der Waals surface area contributed by atoms with Crippen LogP contribution in [0.5, 0.6) is 0 Å². The molecule has 5 nitrogen and oxygen atoms in total. The number of ether oxygens (including phenoxy) is 1. The highest BCUT2D eigenvalue weighted by Crippen LogP contribution is 2.17. The van der Waals surface area contributed by atoms with E-state index in [2.05, 4.69) is 9.84 Å². The number of carbonyl (C=O) groups is 1. The van der Waals surface area contributed by atoms with Gasteiger partial charge in [0.2, 0.25) is 0 Å². The van der Waals surface area contributed by atoms with Crippen molar-refractivity contribution in [3.63, 3.8) is 0 Å². The van der Waals surface area contributed by atoms with E-state index in [0.29, 0.717) is 5.52 Å². The van der Waals surface area contributed by atoms with Gasteiger partial charge in [0.1, 0.15) is 5.56 Å². The van der Waals surface area contributed by atoms with Gasteiger partial charge >= 0.3 is 5.97 Å². The minimum absolute atomic E-state index is 0.0341. The van der Waals surface area contributed by atoms with Crippen LogP contribution in [0.2, 0.25) is 0 Å². The summed E-state index contributed by atoms with van der Waals surface area (Å²) < 4.78 is 18.8. The van der Waals surface area contributed by atoms with E-state index in [4.69, 9.17) is 5.73 Å². The summed E-state index contributed by atoms with van der Waals surface area (Å²) in [6.45, 7) is 0. The Morgan fingerprint density at radius 3 is 3.07 bits per heavy atom. The Balaban J connectivity index is 2.69. The number of hydrogen-bond acceptors (Lipinski definition) is 4. The molecule has 0 bridgehead atoms. The number of aromatic nitrogens is 2. The zero-order valence-electron chi connectivity index (χ0n) is 7.90. The van der Waals surface area contributed by atoms with E-state index in [0.717, 1.165) is 6.20 Å². The maximum atomic E-state index is 13.0. The third-order valence-corrected chi connectivity index (χ3v) is 2.04. The van der Waals surface area contributed by atoms with E-state index in [1.165, 1.54) is 23.9 Å². The van der Waals surface area contributed by atoms with Gasteiger partial charge < -0.3 is 10.5 Å². The molecule has 0 saturated heterocycles. The van der Waals surface area contributed by atoms with Gasteiger partial charge in [0.15, 0.2) is 5.82 Å². The van der Waals surface area contributed by atoms with Gasteiger partial charge in [-0.1, -0.05) is 0 Å². The first kappa shape index (κ1) is 9.45. The second-order valence-corrected chi connectivity index (χ2v) is 2.96. The Labute approximate surface area is 84.2 Å². The van der Waals surface area contributed by atoms with Gasteiger partial charge in [-0.05, 0) is 6.07 Å². The molecule has 6 heteroatoms. The number of fused-ring (bicyclic) bond motifs is 1. The highest BCUT2D eigenvalue weighted by molar-refractivity contribution is 5.97. The smallest absolute Gasteiger partial charge is 0.341 e. The molecule has 0 atom stereocenters. The number of nitrogens with zero attached hydrogens (tertiary/aromatic N) is 2. The summed E-state index contributed by atoms with van der Waals surface area (Å²) in [5.74, 6) is -1.11. The fourth-order valence-corrected chi connectivity index (χ4v) is 1.28. The van der Waals surface area contributed by atoms with E-state index < -0.39 is 11.8 Å². The Kier molecular flexibility index (Phi) is 2.03. The van der Waals surface area contributed by atoms with E-state index in [9.17, 15) is 9.18 Å². The van der Waals surface area contributed by atoms with E-state index in [1.54, 1.807) is 0 Å². The van der Waals surface area contributed by atoms with Gasteiger partial charge in [-0.2, -0.15) is 5.10 Å². The highest BCUT2D eigenvalue weighted by atomic mass is 19.1. The second kappa shape index (κ2) is 3.23. The molecule has 2 N–H and O–H groups in total. The van der Waals surface area contributed by atoms with Crippen molar-refractivity contribution >= 4 is 17.2 Å². The molecular formula is C9H8FN3O2. The minimum atomic E-state index is -0.581. The maximum Gasteiger partial charge on any atom is 0.341 e. The number of hydrogen-bond donors (Lipinski definition) is 1. The van der Waals surface area contributed by atoms with E-state index in [1.807, 2.05) is 0 Å². The fourth-order valence-electron chi connectivity index (χ4n) is 1.28. The van der Waals surface area contributed by atoms with Crippen molar-refractivity contribution in [3.05, 3.63) is 29.8 Å². The average molecular weight is 209 g/mol. The lowest BCUT2D eigenvalue weighted by Gasteiger charge is -1.99. The van der Waals surface area contributed by atoms with Crippen LogP contribution in [0.15, 0.2) is 18.5 Å². The molecule has 15 heavy (non-hydrogen) atoms. The lowest BCUT2D eigenvalue weighted by Crippen LogP contribution is -2.01. The molecule has 2 heterocycles. The monoisotopic (exact) mass is 209 g/mol. The summed E-state index contributed by atoms with van der Waals surface area (Å²) in [6, 6.07) is 1.34. The summed E-state index contributed by atoms with van der Waals surface area (Å²) in [5, 5.41) is 3.81. The molecule has 78 valence electrons. The normalized spacial score (nSPS) is 10.5. The van der Waals surface area contributed by atoms with Crippen molar-refractivity contribution < 1.29 is 13.9 Å². The first-order chi connectivity index (χ1) is 7.13. The summed E-state index contributed by atoms with van der Waals surface area (Å²) in [5.41, 5.74) is 6.02. The number of nitrogen functional groups attached to an aromatic ring is 1. The summed E-state index contributed by atoms with van der Waals surface area (Å²) >= 11 is 0. The first-order valence-corrected chi connectivity index (χ1v) is 4.14. The third kappa shape index (κ3) is 1.39. The van der Waals surface area contributed by atoms with Gasteiger partial charge in [0.05, 0.1) is 30.7 Å². The van der Waals surface area contributed by atoms with Crippen molar-refractivity contribution in [2.24, 2.45) is 0 Å². The Morgan fingerprint density at radius 1 is 1.67 bits per heavy atom. The van der Waals surface area contributed by atoms with Crippen LogP contribution in [0, 0.1) is 5.82 Å². The maximum absolute atomic E-state index is 13.0. The SMILES string of the molecule is COC(=O)c1cnn2cc(F)c(N)cc12. The predicted octanol–water partition coefficient (Wildman–Crippen LogP) is 0.842. The fraction of sp³-hybridized carbons (Fsp3) is 0.111. The number of rotatable bonds is 1. The largest absolute Gasteiger partial charge is 0.465 e. The Bertz CT molecular complexity index is 535. The van der Waals surface area contributed by atoms with Crippen molar-refractivity contribution in [2.75, 3.05) is 12.8 Å². The van der Waals surface area contributed by atoms with Crippen LogP contribution in [0.4, 0.5) is 10.1 Å². The van der Waals surface area contributed by atoms with Gasteiger partial charge in [-0.25, -0.2) is 13.7 Å². The minimum Gasteiger partial charge on any atom is -0.465 e. The molecule has 0 aliphatic rings. The topological polar surface area (TPSA) is 69.6 Å². The number of nitrogens with two attached hydrogens (primary N) is 1. The number of halogens is 1. The highest BCUT2D eigenvalue weighted by Gasteiger charge is 2.14. The van der Waals surface area contributed by atoms with Crippen molar-refractivity contribution in [1.82, 2.24) is 9.61 Å². The molecule has 0 saturated carbocycles. The molecule has 0 aromatic carbocycles. The molecule has 0 spiro atoms. The predicted molar refractivity (Wildman–Crippen MR) is 50.9 cm³/mol. The molecule has 2 aromatic rings. The quantitative estimate of drug-likeness (QED) is 0.706. The van der Waals surface area contributed by atoms with Crippen molar-refractivity contribution in [1.29, 1.82) is 0 Å². The van der Waals surface area contributed by atoms with Gasteiger partial charge in [-0.15, -0.1) is 0 Å². The van der Waals surface area contributed by atoms with E-state index in [-0.39, 0.29) is 11.3 Å². The Morgan fingerprint density at radius 2 is 2.40 bits per heavy atom. The zero-order valence-corrected chi connectivity index (χ0v) is 7.90. The van der Waals surface area contributed by atoms with Crippen LogP contribution in [-0.4, -0.2) is 22.7 Å². The lowest BCUT2D eigenvalue weighted by atomic mass is 10.2. The molecule has 0 fully saturated rings. The van der Waals surface area contributed by atoms with Crippen molar-refractivity contribution in [3.8, 4) is 0 Å². The average Bonchev–Trinajstić information content (AvgIpc) is 2.61. The Hall–Kier alpha value is -2.11. The van der Waals surface area contributed by atoms with Gasteiger partial charge in [0, 0.05) is 0 Å². The molecular weight excluding hydrogens is 201 g/mol. The number of pyridine rings is 1. The van der Waals surface area contributed by atoms with Crippen LogP contribution in [0.1, 0.15) is 10.4 Å².